The Morgan fingerprint density at radius 1 is 1.17 bits per heavy atom. The van der Waals surface area contributed by atoms with Crippen LogP contribution in [0.4, 0.5) is 16.0 Å². The fraction of sp³-hybridized carbons (Fsp3) is 0.316. The number of carbonyl (C=O) groups is 1. The van der Waals surface area contributed by atoms with Crippen molar-refractivity contribution in [1.82, 2.24) is 19.9 Å². The van der Waals surface area contributed by atoms with E-state index in [0.29, 0.717) is 43.2 Å². The molecule has 0 spiro atoms. The quantitative estimate of drug-likeness (QED) is 0.388. The molecule has 1 atom stereocenters. The van der Waals surface area contributed by atoms with Crippen molar-refractivity contribution in [2.24, 2.45) is 0 Å². The summed E-state index contributed by atoms with van der Waals surface area (Å²) < 4.78 is 14.3. The number of nitrogens with zero attached hydrogens (tertiary/aromatic N) is 6. The molecule has 3 aromatic heterocycles. The molecule has 148 valence electrons. The summed E-state index contributed by atoms with van der Waals surface area (Å²) in [6.07, 6.45) is 3.50. The molecule has 10 heteroatoms. The fourth-order valence-electron chi connectivity index (χ4n) is 3.59. The first-order valence-electron chi connectivity index (χ1n) is 9.23. The monoisotopic (exact) mass is 522 g/mol. The third-order valence-corrected chi connectivity index (χ3v) is 7.01. The molecule has 7 nitrogen and oxygen atoms in total. The van der Waals surface area contributed by atoms with Crippen molar-refractivity contribution < 1.29 is 9.18 Å². The van der Waals surface area contributed by atoms with Crippen LogP contribution in [0.1, 0.15) is 21.8 Å². The van der Waals surface area contributed by atoms with Gasteiger partial charge < -0.3 is 4.90 Å². The second-order valence-electron chi connectivity index (χ2n) is 6.91. The predicted octanol–water partition coefficient (Wildman–Crippen LogP) is 3.35. The van der Waals surface area contributed by atoms with Crippen LogP contribution in [0.2, 0.25) is 0 Å². The molecule has 0 bridgehead atoms. The molecule has 2 aliphatic rings. The minimum absolute atomic E-state index is 0.0839. The number of hydrogen-bond acceptors (Lipinski definition) is 7. The molecule has 1 fully saturated rings. The van der Waals surface area contributed by atoms with Crippen molar-refractivity contribution in [3.05, 3.63) is 45.0 Å². The third-order valence-electron chi connectivity index (χ3n) is 5.07. The number of carbonyl (C=O) groups excluding carboxylic acids is 1. The highest BCUT2D eigenvalue weighted by Crippen LogP contribution is 2.35. The molecule has 0 saturated carbocycles. The fourth-order valence-corrected chi connectivity index (χ4v) is 5.55. The van der Waals surface area contributed by atoms with Gasteiger partial charge in [0.15, 0.2) is 0 Å². The molecule has 0 radical (unpaired) electrons. The Labute approximate surface area is 184 Å². The van der Waals surface area contributed by atoms with Crippen LogP contribution in [0, 0.1) is 3.70 Å². The summed E-state index contributed by atoms with van der Waals surface area (Å²) >= 11 is 3.57. The van der Waals surface area contributed by atoms with Crippen molar-refractivity contribution in [3.63, 3.8) is 0 Å². The van der Waals surface area contributed by atoms with Crippen LogP contribution >= 0.6 is 33.9 Å². The van der Waals surface area contributed by atoms with E-state index in [1.54, 1.807) is 17.2 Å². The van der Waals surface area contributed by atoms with E-state index >= 15 is 0 Å². The number of pyridine rings is 1. The Kier molecular flexibility index (Phi) is 4.90. The standard InChI is InChI=1S/C19H16FIN6OS/c20-11-4-7-26(9-11)15-2-1-12(17(21)25-15)18-24-13-5-8-27(19(28)16(13)29-18)14-3-6-22-10-23-14/h1-3,6,10-11H,4-5,7-9H2. The molecule has 0 N–H and O–H groups in total. The van der Waals surface area contributed by atoms with Gasteiger partial charge in [-0.25, -0.2) is 24.3 Å². The van der Waals surface area contributed by atoms with Gasteiger partial charge in [-0.2, -0.15) is 0 Å². The van der Waals surface area contributed by atoms with Gasteiger partial charge in [0.1, 0.15) is 37.7 Å². The number of rotatable bonds is 3. The van der Waals surface area contributed by atoms with E-state index in [2.05, 4.69) is 37.5 Å². The van der Waals surface area contributed by atoms with Crippen LogP contribution in [0.5, 0.6) is 0 Å². The highest BCUT2D eigenvalue weighted by Gasteiger charge is 2.31. The van der Waals surface area contributed by atoms with Gasteiger partial charge in [0, 0.05) is 31.3 Å². The minimum Gasteiger partial charge on any atom is -0.354 e. The van der Waals surface area contributed by atoms with Crippen LogP contribution in [0.15, 0.2) is 30.7 Å². The van der Waals surface area contributed by atoms with Crippen LogP contribution in [-0.4, -0.2) is 51.6 Å². The summed E-state index contributed by atoms with van der Waals surface area (Å²) in [7, 11) is 0. The number of thiazole rings is 1. The second-order valence-corrected chi connectivity index (χ2v) is 8.93. The van der Waals surface area contributed by atoms with Gasteiger partial charge >= 0.3 is 0 Å². The molecular formula is C19H16FIN6OS. The molecule has 1 amide bonds. The number of hydrogen-bond donors (Lipinski definition) is 0. The molecule has 0 aromatic carbocycles. The SMILES string of the molecule is O=C1c2sc(-c3ccc(N4CCC(F)C4)nc3I)nc2CCN1c1ccncn1. The van der Waals surface area contributed by atoms with Crippen molar-refractivity contribution in [3.8, 4) is 10.6 Å². The average molecular weight is 522 g/mol. The molecule has 0 aliphatic carbocycles. The highest BCUT2D eigenvalue weighted by molar-refractivity contribution is 14.1. The first kappa shape index (κ1) is 18.8. The van der Waals surface area contributed by atoms with E-state index in [1.807, 2.05) is 17.0 Å². The molecule has 3 aromatic rings. The van der Waals surface area contributed by atoms with E-state index < -0.39 is 6.17 Å². The maximum Gasteiger partial charge on any atom is 0.271 e. The Balaban J connectivity index is 1.43. The normalized spacial score (nSPS) is 19.0. The molecular weight excluding hydrogens is 506 g/mol. The molecule has 1 unspecified atom stereocenters. The van der Waals surface area contributed by atoms with E-state index in [4.69, 9.17) is 4.98 Å². The molecule has 29 heavy (non-hydrogen) atoms. The van der Waals surface area contributed by atoms with Gasteiger partial charge in [0.2, 0.25) is 0 Å². The Morgan fingerprint density at radius 2 is 2.07 bits per heavy atom. The Bertz CT molecular complexity index is 1080. The van der Waals surface area contributed by atoms with Crippen molar-refractivity contribution in [2.45, 2.75) is 19.0 Å². The zero-order valence-corrected chi connectivity index (χ0v) is 18.2. The van der Waals surface area contributed by atoms with Crippen molar-refractivity contribution in [2.75, 3.05) is 29.4 Å². The summed E-state index contributed by atoms with van der Waals surface area (Å²) in [5, 5.41) is 0.779. The van der Waals surface area contributed by atoms with Crippen molar-refractivity contribution >= 4 is 51.5 Å². The Hall–Kier alpha value is -2.21. The second kappa shape index (κ2) is 7.56. The number of alkyl halides is 1. The van der Waals surface area contributed by atoms with Crippen LogP contribution in [0.3, 0.4) is 0 Å². The first-order valence-corrected chi connectivity index (χ1v) is 11.1. The maximum absolute atomic E-state index is 13.5. The first-order chi connectivity index (χ1) is 14.1. The lowest BCUT2D eigenvalue weighted by Gasteiger charge is -2.24. The molecule has 5 heterocycles. The molecule has 2 aliphatic heterocycles. The van der Waals surface area contributed by atoms with Gasteiger partial charge in [0.05, 0.1) is 12.2 Å². The van der Waals surface area contributed by atoms with E-state index in [1.165, 1.54) is 17.7 Å². The summed E-state index contributed by atoms with van der Waals surface area (Å²) in [5.74, 6) is 1.30. The van der Waals surface area contributed by atoms with E-state index in [0.717, 1.165) is 25.8 Å². The summed E-state index contributed by atoms with van der Waals surface area (Å²) in [4.78, 5) is 34.7. The van der Waals surface area contributed by atoms with Gasteiger partial charge in [0.25, 0.3) is 5.91 Å². The smallest absolute Gasteiger partial charge is 0.271 e. The number of anilines is 2. The minimum atomic E-state index is -0.788. The highest BCUT2D eigenvalue weighted by atomic mass is 127. The summed E-state index contributed by atoms with van der Waals surface area (Å²) in [5.41, 5.74) is 1.71. The summed E-state index contributed by atoms with van der Waals surface area (Å²) in [6, 6.07) is 5.61. The molecule has 5 rings (SSSR count). The van der Waals surface area contributed by atoms with E-state index in [9.17, 15) is 9.18 Å². The lowest BCUT2D eigenvalue weighted by Crippen LogP contribution is -2.37. The number of halogens is 2. The molecule has 1 saturated heterocycles. The van der Waals surface area contributed by atoms with E-state index in [-0.39, 0.29) is 5.91 Å². The third kappa shape index (κ3) is 3.48. The number of fused-ring (bicyclic) bond motifs is 1. The van der Waals surface area contributed by atoms with Gasteiger partial charge in [-0.1, -0.05) is 0 Å². The Morgan fingerprint density at radius 3 is 2.79 bits per heavy atom. The van der Waals surface area contributed by atoms with Gasteiger partial charge in [-0.05, 0) is 47.2 Å². The zero-order valence-electron chi connectivity index (χ0n) is 15.3. The lowest BCUT2D eigenvalue weighted by atomic mass is 10.1. The largest absolute Gasteiger partial charge is 0.354 e. The number of amides is 1. The average Bonchev–Trinajstić information content (AvgIpc) is 3.36. The number of aromatic nitrogens is 4. The lowest BCUT2D eigenvalue weighted by molar-refractivity contribution is 0.0983. The van der Waals surface area contributed by atoms with Crippen LogP contribution in [-0.2, 0) is 6.42 Å². The maximum atomic E-state index is 13.5. The zero-order chi connectivity index (χ0) is 20.0. The van der Waals surface area contributed by atoms with Crippen LogP contribution in [0.25, 0.3) is 10.6 Å². The predicted molar refractivity (Wildman–Crippen MR) is 117 cm³/mol. The summed E-state index contributed by atoms with van der Waals surface area (Å²) in [6.45, 7) is 1.61. The topological polar surface area (TPSA) is 75.1 Å². The van der Waals surface area contributed by atoms with Gasteiger partial charge in [-0.3, -0.25) is 9.69 Å². The van der Waals surface area contributed by atoms with Gasteiger partial charge in [-0.15, -0.1) is 11.3 Å². The van der Waals surface area contributed by atoms with Crippen molar-refractivity contribution in [1.29, 1.82) is 0 Å². The van der Waals surface area contributed by atoms with Crippen LogP contribution < -0.4 is 9.80 Å².